The van der Waals surface area contributed by atoms with Gasteiger partial charge in [-0.25, -0.2) is 4.79 Å². The van der Waals surface area contributed by atoms with E-state index in [2.05, 4.69) is 16.0 Å². The Kier molecular flexibility index (Phi) is 2.55. The maximum absolute atomic E-state index is 13.0. The number of imide groups is 1. The second-order valence-electron chi connectivity index (χ2n) is 6.92. The number of halogens is 3. The molecular formula is C13H14F3N3O4. The average molecular weight is 333 g/mol. The fourth-order valence-electron chi connectivity index (χ4n) is 3.80. The van der Waals surface area contributed by atoms with Gasteiger partial charge in [-0.15, -0.1) is 0 Å². The van der Waals surface area contributed by atoms with Gasteiger partial charge in [-0.2, -0.15) is 13.2 Å². The van der Waals surface area contributed by atoms with Crippen LogP contribution in [0.3, 0.4) is 0 Å². The predicted molar refractivity (Wildman–Crippen MR) is 67.0 cm³/mol. The fourth-order valence-corrected chi connectivity index (χ4v) is 3.80. The fraction of sp³-hybridized carbons (Fsp3) is 0.769. The summed E-state index contributed by atoms with van der Waals surface area (Å²) in [6, 6.07) is -1.54. The lowest BCUT2D eigenvalue weighted by molar-refractivity contribution is -0.242. The van der Waals surface area contributed by atoms with Crippen LogP contribution >= 0.6 is 0 Å². The van der Waals surface area contributed by atoms with E-state index in [0.29, 0.717) is 12.8 Å². The number of carbonyl (C=O) groups is 3. The van der Waals surface area contributed by atoms with Crippen molar-refractivity contribution in [1.82, 2.24) is 16.0 Å². The summed E-state index contributed by atoms with van der Waals surface area (Å²) in [5, 5.41) is 7.15. The summed E-state index contributed by atoms with van der Waals surface area (Å²) in [7, 11) is 0. The molecule has 7 nitrogen and oxygen atoms in total. The third-order valence-corrected chi connectivity index (χ3v) is 5.37. The topological polar surface area (TPSA) is 96.5 Å². The molecule has 23 heavy (non-hydrogen) atoms. The zero-order chi connectivity index (χ0) is 16.7. The van der Waals surface area contributed by atoms with E-state index in [1.807, 2.05) is 0 Å². The monoisotopic (exact) mass is 333 g/mol. The van der Waals surface area contributed by atoms with E-state index in [4.69, 9.17) is 4.74 Å². The summed E-state index contributed by atoms with van der Waals surface area (Å²) in [5.74, 6) is -1.18. The lowest BCUT2D eigenvalue weighted by Gasteiger charge is -2.44. The summed E-state index contributed by atoms with van der Waals surface area (Å²) < 4.78 is 44.2. The van der Waals surface area contributed by atoms with E-state index in [9.17, 15) is 27.6 Å². The molecule has 3 aliphatic heterocycles. The van der Waals surface area contributed by atoms with Crippen molar-refractivity contribution in [3.05, 3.63) is 0 Å². The lowest BCUT2D eigenvalue weighted by atomic mass is 9.61. The first-order valence-electron chi connectivity index (χ1n) is 7.26. The number of hydrogen-bond donors (Lipinski definition) is 3. The lowest BCUT2D eigenvalue weighted by Crippen LogP contribution is -2.63. The molecule has 1 unspecified atom stereocenters. The number of carbonyl (C=O) groups excluding carboxylic acids is 3. The molecule has 1 atom stereocenters. The van der Waals surface area contributed by atoms with E-state index in [1.165, 1.54) is 0 Å². The molecule has 0 aromatic heterocycles. The highest BCUT2D eigenvalue weighted by Crippen LogP contribution is 2.65. The van der Waals surface area contributed by atoms with E-state index < -0.39 is 66.1 Å². The second-order valence-corrected chi connectivity index (χ2v) is 6.92. The maximum Gasteiger partial charge on any atom is 0.396 e. The molecule has 126 valence electrons. The molecule has 4 amide bonds. The minimum Gasteiger partial charge on any atom is -0.364 e. The molecule has 0 aromatic rings. The molecule has 5 rings (SSSR count). The number of nitrogens with one attached hydrogen (secondary N) is 3. The highest BCUT2D eigenvalue weighted by Gasteiger charge is 2.76. The third kappa shape index (κ3) is 1.84. The summed E-state index contributed by atoms with van der Waals surface area (Å²) in [6.45, 7) is -0.516. The van der Waals surface area contributed by atoms with Gasteiger partial charge in [0.25, 0.3) is 11.8 Å². The Morgan fingerprint density at radius 3 is 2.35 bits per heavy atom. The zero-order valence-corrected chi connectivity index (χ0v) is 11.9. The molecule has 0 aromatic carbocycles. The molecule has 2 aliphatic carbocycles. The van der Waals surface area contributed by atoms with Crippen LogP contribution in [0.25, 0.3) is 0 Å². The summed E-state index contributed by atoms with van der Waals surface area (Å²) >= 11 is 0. The van der Waals surface area contributed by atoms with Crippen molar-refractivity contribution < 1.29 is 32.3 Å². The molecule has 0 radical (unpaired) electrons. The number of rotatable bonds is 3. The average Bonchev–Trinajstić information content (AvgIpc) is 2.81. The largest absolute Gasteiger partial charge is 0.396 e. The van der Waals surface area contributed by atoms with Crippen LogP contribution in [0.2, 0.25) is 0 Å². The quantitative estimate of drug-likeness (QED) is 0.631. The van der Waals surface area contributed by atoms with Crippen molar-refractivity contribution in [2.45, 2.75) is 49.0 Å². The number of ether oxygens (including phenoxy) is 1. The van der Waals surface area contributed by atoms with E-state index in [1.54, 1.807) is 0 Å². The van der Waals surface area contributed by atoms with Crippen molar-refractivity contribution >= 4 is 17.8 Å². The van der Waals surface area contributed by atoms with Crippen LogP contribution in [-0.2, 0) is 14.3 Å². The molecule has 10 heteroatoms. The van der Waals surface area contributed by atoms with Gasteiger partial charge in [0.1, 0.15) is 11.6 Å². The van der Waals surface area contributed by atoms with Gasteiger partial charge < -0.3 is 15.4 Å². The van der Waals surface area contributed by atoms with Crippen molar-refractivity contribution in [3.8, 4) is 0 Å². The van der Waals surface area contributed by atoms with E-state index in [0.717, 1.165) is 0 Å². The first-order valence-corrected chi connectivity index (χ1v) is 7.26. The smallest absolute Gasteiger partial charge is 0.364 e. The Morgan fingerprint density at radius 2 is 1.91 bits per heavy atom. The van der Waals surface area contributed by atoms with Crippen LogP contribution in [0.15, 0.2) is 0 Å². The van der Waals surface area contributed by atoms with Gasteiger partial charge in [-0.05, 0) is 12.8 Å². The van der Waals surface area contributed by atoms with Gasteiger partial charge in [0.2, 0.25) is 0 Å². The van der Waals surface area contributed by atoms with E-state index in [-0.39, 0.29) is 0 Å². The van der Waals surface area contributed by atoms with Gasteiger partial charge in [0.05, 0.1) is 17.6 Å². The molecular weight excluding hydrogens is 319 g/mol. The molecule has 5 fully saturated rings. The first kappa shape index (κ1) is 14.7. The second kappa shape index (κ2) is 3.97. The molecule has 3 heterocycles. The van der Waals surface area contributed by atoms with Crippen LogP contribution in [0.4, 0.5) is 18.0 Å². The predicted octanol–water partition coefficient (Wildman–Crippen LogP) is -0.0453. The van der Waals surface area contributed by atoms with Crippen LogP contribution < -0.4 is 16.0 Å². The van der Waals surface area contributed by atoms with Gasteiger partial charge in [-0.3, -0.25) is 14.9 Å². The molecule has 2 bridgehead atoms. The third-order valence-electron chi connectivity index (χ3n) is 5.37. The Hall–Kier alpha value is -1.84. The van der Waals surface area contributed by atoms with Gasteiger partial charge in [0.15, 0.2) is 0 Å². The molecule has 5 aliphatic rings. The normalized spacial score (nSPS) is 40.2. The summed E-state index contributed by atoms with van der Waals surface area (Å²) in [4.78, 5) is 35.3. The van der Waals surface area contributed by atoms with Crippen molar-refractivity contribution in [2.75, 3.05) is 6.61 Å². The van der Waals surface area contributed by atoms with Crippen molar-refractivity contribution in [3.63, 3.8) is 0 Å². The van der Waals surface area contributed by atoms with Crippen molar-refractivity contribution in [1.29, 1.82) is 0 Å². The first-order chi connectivity index (χ1) is 10.6. The standard InChI is InChI=1S/C13H14F3N3O4/c14-13(15,16)10-3-12(4-10,23-5-10)8(21)19-11(1-2-11)6-7(20)18-9(22)17-6/h6H,1-5H2,(H,19,21)(H2,17,18,20,22). The Balaban J connectivity index is 1.46. The number of hydrogen-bond acceptors (Lipinski definition) is 4. The van der Waals surface area contributed by atoms with Crippen LogP contribution in [0.1, 0.15) is 25.7 Å². The molecule has 3 saturated heterocycles. The minimum atomic E-state index is -4.40. The summed E-state index contributed by atoms with van der Waals surface area (Å²) in [6.07, 6.45) is -4.25. The minimum absolute atomic E-state index is 0.394. The summed E-state index contributed by atoms with van der Waals surface area (Å²) in [5.41, 5.74) is -4.32. The van der Waals surface area contributed by atoms with Crippen molar-refractivity contribution in [2.24, 2.45) is 5.41 Å². The Bertz CT molecular complexity index is 622. The number of amides is 4. The van der Waals surface area contributed by atoms with E-state index >= 15 is 0 Å². The molecule has 0 spiro atoms. The Morgan fingerprint density at radius 1 is 1.26 bits per heavy atom. The van der Waals surface area contributed by atoms with Crippen LogP contribution in [0.5, 0.6) is 0 Å². The molecule has 2 saturated carbocycles. The highest BCUT2D eigenvalue weighted by molar-refractivity contribution is 6.05. The number of fused-ring (bicyclic) bond motifs is 1. The van der Waals surface area contributed by atoms with Gasteiger partial charge in [0, 0.05) is 12.8 Å². The van der Waals surface area contributed by atoms with Crippen LogP contribution in [-0.4, -0.2) is 47.8 Å². The SMILES string of the molecule is O=C1NC(=O)C(C2(NC(=O)C34CC(C(F)(F)F)(CO3)C4)CC2)N1. The highest BCUT2D eigenvalue weighted by atomic mass is 19.4. The van der Waals surface area contributed by atoms with Gasteiger partial charge in [-0.1, -0.05) is 0 Å². The van der Waals surface area contributed by atoms with Crippen LogP contribution in [0, 0.1) is 5.41 Å². The Labute approximate surface area is 128 Å². The zero-order valence-electron chi connectivity index (χ0n) is 11.9. The molecule has 3 N–H and O–H groups in total. The van der Waals surface area contributed by atoms with Gasteiger partial charge >= 0.3 is 12.2 Å². The number of urea groups is 1. The number of alkyl halides is 3. The maximum atomic E-state index is 13.0.